The lowest BCUT2D eigenvalue weighted by Crippen LogP contribution is -2.40. The van der Waals surface area contributed by atoms with Gasteiger partial charge >= 0.3 is 8.60 Å². The summed E-state index contributed by atoms with van der Waals surface area (Å²) < 4.78 is 6.53. The SMILES string of the molecule is CCCCCCCCCCCC1(OP(O)O)c2c(cc(C)cc2C(C)(C)C)Cc2cc(C)cc(C(C)(C)C)c21. The van der Waals surface area contributed by atoms with Crippen molar-refractivity contribution in [2.75, 3.05) is 0 Å². The minimum absolute atomic E-state index is 0.110. The van der Waals surface area contributed by atoms with Gasteiger partial charge in [0.15, 0.2) is 0 Å². The third-order valence-corrected chi connectivity index (χ3v) is 8.88. The van der Waals surface area contributed by atoms with Gasteiger partial charge in [0, 0.05) is 0 Å². The molecule has 0 radical (unpaired) electrons. The van der Waals surface area contributed by atoms with Crippen molar-refractivity contribution in [2.24, 2.45) is 0 Å². The molecule has 218 valence electrons. The van der Waals surface area contributed by atoms with E-state index < -0.39 is 14.2 Å². The van der Waals surface area contributed by atoms with E-state index in [9.17, 15) is 9.79 Å². The van der Waals surface area contributed by atoms with Crippen LogP contribution in [0.3, 0.4) is 0 Å². The Bertz CT molecular complexity index is 1030. The van der Waals surface area contributed by atoms with Crippen LogP contribution in [0.15, 0.2) is 24.3 Å². The molecule has 39 heavy (non-hydrogen) atoms. The van der Waals surface area contributed by atoms with Crippen molar-refractivity contribution >= 4 is 8.60 Å². The molecule has 1 aliphatic rings. The summed E-state index contributed by atoms with van der Waals surface area (Å²) in [7, 11) is -2.57. The minimum Gasteiger partial charge on any atom is -0.328 e. The number of aryl methyl sites for hydroxylation is 2. The number of unbranched alkanes of at least 4 members (excludes halogenated alkanes) is 8. The smallest absolute Gasteiger partial charge is 0.328 e. The molecule has 3 nitrogen and oxygen atoms in total. The van der Waals surface area contributed by atoms with E-state index in [2.05, 4.69) is 86.6 Å². The number of hydrogen-bond donors (Lipinski definition) is 2. The standard InChI is InChI=1S/C35H55O3P/c1-10-11-12-13-14-15-16-17-18-19-35(38-39(36)37)31-27(20-25(2)22-29(31)33(4,5)6)24-28-21-26(3)23-30(32(28)35)34(7,8)9/h20-23,36-37H,10-19,24H2,1-9H3. The zero-order valence-electron chi connectivity index (χ0n) is 26.3. The predicted octanol–water partition coefficient (Wildman–Crippen LogP) is 10.2. The van der Waals surface area contributed by atoms with Gasteiger partial charge in [0.25, 0.3) is 0 Å². The zero-order valence-corrected chi connectivity index (χ0v) is 27.2. The topological polar surface area (TPSA) is 49.7 Å². The lowest BCUT2D eigenvalue weighted by atomic mass is 9.63. The lowest BCUT2D eigenvalue weighted by molar-refractivity contribution is 0.0718. The highest BCUT2D eigenvalue weighted by Gasteiger charge is 2.48. The predicted molar refractivity (Wildman–Crippen MR) is 168 cm³/mol. The first kappa shape index (κ1) is 32.3. The van der Waals surface area contributed by atoms with Crippen molar-refractivity contribution in [1.29, 1.82) is 0 Å². The average Bonchev–Trinajstić information content (AvgIpc) is 2.80. The molecule has 0 bridgehead atoms. The molecule has 0 saturated heterocycles. The summed E-state index contributed by atoms with van der Waals surface area (Å²) >= 11 is 0. The molecule has 0 atom stereocenters. The Morgan fingerprint density at radius 2 is 1.10 bits per heavy atom. The Balaban J connectivity index is 2.14. The second kappa shape index (κ2) is 13.2. The second-order valence-corrected chi connectivity index (χ2v) is 14.8. The van der Waals surface area contributed by atoms with Crippen molar-refractivity contribution in [3.05, 3.63) is 68.8 Å². The molecule has 0 fully saturated rings. The molecule has 2 aromatic rings. The van der Waals surface area contributed by atoms with Crippen LogP contribution in [0.2, 0.25) is 0 Å². The van der Waals surface area contributed by atoms with Crippen LogP contribution in [-0.4, -0.2) is 9.79 Å². The van der Waals surface area contributed by atoms with Crippen LogP contribution in [0.1, 0.15) is 157 Å². The highest BCUT2D eigenvalue weighted by atomic mass is 31.2. The van der Waals surface area contributed by atoms with Gasteiger partial charge in [0.05, 0.1) is 0 Å². The van der Waals surface area contributed by atoms with E-state index in [0.29, 0.717) is 0 Å². The molecule has 0 aliphatic heterocycles. The summed E-state index contributed by atoms with van der Waals surface area (Å²) in [6.07, 6.45) is 12.8. The highest BCUT2D eigenvalue weighted by Crippen LogP contribution is 2.56. The van der Waals surface area contributed by atoms with Crippen LogP contribution in [0.25, 0.3) is 0 Å². The summed E-state index contributed by atoms with van der Waals surface area (Å²) in [5.41, 5.74) is 8.81. The monoisotopic (exact) mass is 554 g/mol. The molecule has 2 N–H and O–H groups in total. The van der Waals surface area contributed by atoms with Crippen LogP contribution >= 0.6 is 8.60 Å². The Labute approximate surface area is 240 Å². The number of benzene rings is 2. The van der Waals surface area contributed by atoms with E-state index in [-0.39, 0.29) is 10.8 Å². The van der Waals surface area contributed by atoms with Crippen molar-refractivity contribution in [2.45, 2.75) is 149 Å². The second-order valence-electron chi connectivity index (χ2n) is 14.1. The highest BCUT2D eigenvalue weighted by molar-refractivity contribution is 7.39. The quantitative estimate of drug-likeness (QED) is 0.203. The first-order valence-electron chi connectivity index (χ1n) is 15.4. The molecule has 0 unspecified atom stereocenters. The summed E-state index contributed by atoms with van der Waals surface area (Å²) in [5.74, 6) is 0. The molecule has 1 aliphatic carbocycles. The normalized spacial score (nSPS) is 15.0. The lowest BCUT2D eigenvalue weighted by Gasteiger charge is -2.46. The van der Waals surface area contributed by atoms with E-state index in [4.69, 9.17) is 4.52 Å². The molecule has 0 heterocycles. The van der Waals surface area contributed by atoms with Crippen molar-refractivity contribution in [3.8, 4) is 0 Å². The summed E-state index contributed by atoms with van der Waals surface area (Å²) in [4.78, 5) is 21.1. The number of rotatable bonds is 12. The summed E-state index contributed by atoms with van der Waals surface area (Å²) in [6.45, 7) is 20.2. The largest absolute Gasteiger partial charge is 0.328 e. The molecular formula is C35H55O3P. The van der Waals surface area contributed by atoms with Crippen molar-refractivity contribution < 1.29 is 14.3 Å². The molecule has 0 spiro atoms. The molecular weight excluding hydrogens is 499 g/mol. The Kier molecular flexibility index (Phi) is 10.9. The molecule has 0 amide bonds. The van der Waals surface area contributed by atoms with Gasteiger partial charge in [-0.05, 0) is 77.3 Å². The Morgan fingerprint density at radius 1 is 0.692 bits per heavy atom. The maximum Gasteiger partial charge on any atom is 0.328 e. The number of hydrogen-bond acceptors (Lipinski definition) is 3. The van der Waals surface area contributed by atoms with Crippen LogP contribution in [-0.2, 0) is 27.4 Å². The summed E-state index contributed by atoms with van der Waals surface area (Å²) in [5, 5.41) is 0. The van der Waals surface area contributed by atoms with Crippen molar-refractivity contribution in [3.63, 3.8) is 0 Å². The molecule has 3 rings (SSSR count). The van der Waals surface area contributed by atoms with Gasteiger partial charge < -0.3 is 9.79 Å². The fourth-order valence-electron chi connectivity index (χ4n) is 6.68. The molecule has 2 aromatic carbocycles. The molecule has 4 heteroatoms. The fraction of sp³-hybridized carbons (Fsp3) is 0.657. The third-order valence-electron chi connectivity index (χ3n) is 8.40. The van der Waals surface area contributed by atoms with Gasteiger partial charge in [-0.15, -0.1) is 0 Å². The Morgan fingerprint density at radius 3 is 1.49 bits per heavy atom. The fourth-order valence-corrected chi connectivity index (χ4v) is 7.23. The first-order chi connectivity index (χ1) is 18.2. The number of fused-ring (bicyclic) bond motifs is 2. The molecule has 0 aromatic heterocycles. The van der Waals surface area contributed by atoms with Gasteiger partial charge in [-0.25, -0.2) is 0 Å². The molecule has 0 saturated carbocycles. The van der Waals surface area contributed by atoms with Gasteiger partial charge in [-0.1, -0.05) is 135 Å². The zero-order chi connectivity index (χ0) is 29.0. The van der Waals surface area contributed by atoms with Crippen LogP contribution in [0.4, 0.5) is 0 Å². The van der Waals surface area contributed by atoms with Gasteiger partial charge in [-0.2, -0.15) is 0 Å². The van der Waals surface area contributed by atoms with Crippen LogP contribution < -0.4 is 0 Å². The van der Waals surface area contributed by atoms with Crippen LogP contribution in [0.5, 0.6) is 0 Å². The maximum absolute atomic E-state index is 10.6. The summed E-state index contributed by atoms with van der Waals surface area (Å²) in [6, 6.07) is 9.22. The first-order valence-corrected chi connectivity index (χ1v) is 16.5. The van der Waals surface area contributed by atoms with E-state index in [1.165, 1.54) is 89.5 Å². The van der Waals surface area contributed by atoms with Crippen LogP contribution in [0, 0.1) is 13.8 Å². The van der Waals surface area contributed by atoms with Gasteiger partial charge in [0.2, 0.25) is 0 Å². The van der Waals surface area contributed by atoms with E-state index >= 15 is 0 Å². The Hall–Kier alpha value is -1.25. The van der Waals surface area contributed by atoms with E-state index in [1.54, 1.807) is 0 Å². The van der Waals surface area contributed by atoms with E-state index in [0.717, 1.165) is 25.7 Å². The minimum atomic E-state index is -2.57. The maximum atomic E-state index is 10.6. The van der Waals surface area contributed by atoms with Gasteiger partial charge in [0.1, 0.15) is 5.60 Å². The average molecular weight is 555 g/mol. The van der Waals surface area contributed by atoms with Crippen molar-refractivity contribution in [1.82, 2.24) is 0 Å². The van der Waals surface area contributed by atoms with E-state index in [1.807, 2.05) is 0 Å². The van der Waals surface area contributed by atoms with Gasteiger partial charge in [-0.3, -0.25) is 4.52 Å². The third kappa shape index (κ3) is 7.73.